The molecule has 1 heterocycles. The normalized spacial score (nSPS) is 21.4. The lowest BCUT2D eigenvalue weighted by atomic mass is 9.94. The third-order valence-corrected chi connectivity index (χ3v) is 3.84. The van der Waals surface area contributed by atoms with Crippen LogP contribution in [-0.4, -0.2) is 49.1 Å². The number of aliphatic imine (C=N–C) groups is 1. The van der Waals surface area contributed by atoms with Crippen LogP contribution in [-0.2, 0) is 0 Å². The van der Waals surface area contributed by atoms with E-state index in [1.807, 2.05) is 0 Å². The van der Waals surface area contributed by atoms with Crippen molar-refractivity contribution >= 4 is 5.96 Å². The smallest absolute Gasteiger partial charge is 0.192 e. The summed E-state index contributed by atoms with van der Waals surface area (Å²) in [5, 5.41) is 6.37. The van der Waals surface area contributed by atoms with E-state index in [2.05, 4.69) is 54.1 Å². The lowest BCUT2D eigenvalue weighted by Crippen LogP contribution is -2.51. The minimum atomic E-state index is 0.0905. The molecular weight excluding hydrogens is 248 g/mol. The summed E-state index contributed by atoms with van der Waals surface area (Å²) in [7, 11) is 0. The fraction of sp³-hybridized carbons (Fsp3) is 0.812. The third kappa shape index (κ3) is 5.42. The highest BCUT2D eigenvalue weighted by Crippen LogP contribution is 2.23. The zero-order valence-electron chi connectivity index (χ0n) is 13.5. The Morgan fingerprint density at radius 2 is 2.20 bits per heavy atom. The van der Waals surface area contributed by atoms with Crippen LogP contribution in [0.2, 0.25) is 0 Å². The van der Waals surface area contributed by atoms with Crippen molar-refractivity contribution in [1.82, 2.24) is 15.5 Å². The Morgan fingerprint density at radius 1 is 1.45 bits per heavy atom. The molecular formula is C16H30N4. The summed E-state index contributed by atoms with van der Waals surface area (Å²) in [6, 6.07) is 0. The number of nitrogens with zero attached hydrogens (tertiary/aromatic N) is 2. The van der Waals surface area contributed by atoms with Gasteiger partial charge in [0.15, 0.2) is 5.96 Å². The van der Waals surface area contributed by atoms with Crippen LogP contribution in [0.5, 0.6) is 0 Å². The standard InChI is InChI=1S/C16H30N4/c1-6-10-18-15(17-7-2)19-13-16(4,5)20-11-8-9-14(3)12-20/h1,14H,7-13H2,2-5H3,(H2,17,18,19). The molecule has 2 N–H and O–H groups in total. The molecule has 0 radical (unpaired) electrons. The summed E-state index contributed by atoms with van der Waals surface area (Å²) in [5.41, 5.74) is 0.0905. The van der Waals surface area contributed by atoms with E-state index in [4.69, 9.17) is 6.42 Å². The molecule has 1 aliphatic heterocycles. The second-order valence-corrected chi connectivity index (χ2v) is 6.26. The summed E-state index contributed by atoms with van der Waals surface area (Å²) in [4.78, 5) is 7.24. The topological polar surface area (TPSA) is 39.7 Å². The second kappa shape index (κ2) is 8.16. The van der Waals surface area contributed by atoms with Gasteiger partial charge in [0.25, 0.3) is 0 Å². The minimum absolute atomic E-state index is 0.0905. The first-order valence-corrected chi connectivity index (χ1v) is 7.70. The van der Waals surface area contributed by atoms with Crippen molar-refractivity contribution in [3.63, 3.8) is 0 Å². The molecule has 0 saturated carbocycles. The summed E-state index contributed by atoms with van der Waals surface area (Å²) in [6.45, 7) is 13.4. The molecule has 1 unspecified atom stereocenters. The largest absolute Gasteiger partial charge is 0.357 e. The number of guanidine groups is 1. The average molecular weight is 278 g/mol. The zero-order chi connectivity index (χ0) is 15.0. The molecule has 1 saturated heterocycles. The van der Waals surface area contributed by atoms with E-state index in [0.717, 1.165) is 25.0 Å². The van der Waals surface area contributed by atoms with Crippen molar-refractivity contribution in [1.29, 1.82) is 0 Å². The van der Waals surface area contributed by atoms with Gasteiger partial charge in [-0.15, -0.1) is 6.42 Å². The van der Waals surface area contributed by atoms with Crippen LogP contribution >= 0.6 is 0 Å². The maximum atomic E-state index is 5.28. The first-order chi connectivity index (χ1) is 9.49. The fourth-order valence-electron chi connectivity index (χ4n) is 2.59. The zero-order valence-corrected chi connectivity index (χ0v) is 13.5. The minimum Gasteiger partial charge on any atom is -0.357 e. The second-order valence-electron chi connectivity index (χ2n) is 6.26. The third-order valence-electron chi connectivity index (χ3n) is 3.84. The molecule has 1 atom stereocenters. The Kier molecular flexibility index (Phi) is 6.87. The first kappa shape index (κ1) is 16.8. The van der Waals surface area contributed by atoms with Gasteiger partial charge in [-0.05, 0) is 46.1 Å². The van der Waals surface area contributed by atoms with Gasteiger partial charge in [-0.1, -0.05) is 12.8 Å². The molecule has 114 valence electrons. The number of hydrogen-bond donors (Lipinski definition) is 2. The van der Waals surface area contributed by atoms with Gasteiger partial charge in [-0.25, -0.2) is 0 Å². The van der Waals surface area contributed by atoms with Crippen LogP contribution < -0.4 is 10.6 Å². The van der Waals surface area contributed by atoms with Crippen LogP contribution in [0.15, 0.2) is 4.99 Å². The molecule has 1 fully saturated rings. The molecule has 20 heavy (non-hydrogen) atoms. The Morgan fingerprint density at radius 3 is 2.80 bits per heavy atom. The SMILES string of the molecule is C#CCNC(=NCC(C)(C)N1CCCC(C)C1)NCC. The molecule has 1 aliphatic rings. The van der Waals surface area contributed by atoms with Crippen molar-refractivity contribution in [3.8, 4) is 12.3 Å². The number of hydrogen-bond acceptors (Lipinski definition) is 2. The average Bonchev–Trinajstić information content (AvgIpc) is 2.42. The number of terminal acetylenes is 1. The van der Waals surface area contributed by atoms with Gasteiger partial charge >= 0.3 is 0 Å². The summed E-state index contributed by atoms with van der Waals surface area (Å²) >= 11 is 0. The summed E-state index contributed by atoms with van der Waals surface area (Å²) in [6.07, 6.45) is 7.93. The van der Waals surface area contributed by atoms with Gasteiger partial charge in [-0.3, -0.25) is 9.89 Å². The molecule has 0 amide bonds. The van der Waals surface area contributed by atoms with Crippen LogP contribution in [0.1, 0.15) is 40.5 Å². The molecule has 0 bridgehead atoms. The van der Waals surface area contributed by atoms with Gasteiger partial charge in [0.1, 0.15) is 0 Å². The van der Waals surface area contributed by atoms with E-state index < -0.39 is 0 Å². The molecule has 0 spiro atoms. The lowest BCUT2D eigenvalue weighted by Gasteiger charge is -2.42. The molecule has 4 nitrogen and oxygen atoms in total. The van der Waals surface area contributed by atoms with Crippen LogP contribution in [0, 0.1) is 18.3 Å². The highest BCUT2D eigenvalue weighted by Gasteiger charge is 2.29. The highest BCUT2D eigenvalue weighted by atomic mass is 15.2. The Balaban J connectivity index is 2.60. The van der Waals surface area contributed by atoms with Gasteiger partial charge in [-0.2, -0.15) is 0 Å². The molecule has 0 aromatic rings. The number of likely N-dealkylation sites (tertiary alicyclic amines) is 1. The predicted octanol–water partition coefficient (Wildman–Crippen LogP) is 1.69. The monoisotopic (exact) mass is 278 g/mol. The van der Waals surface area contributed by atoms with Crippen molar-refractivity contribution in [2.75, 3.05) is 32.7 Å². The van der Waals surface area contributed by atoms with Crippen molar-refractivity contribution in [2.24, 2.45) is 10.9 Å². The fourth-order valence-corrected chi connectivity index (χ4v) is 2.59. The Labute approximate surface area is 124 Å². The van der Waals surface area contributed by atoms with E-state index in [9.17, 15) is 0 Å². The van der Waals surface area contributed by atoms with Gasteiger partial charge in [0, 0.05) is 18.6 Å². The van der Waals surface area contributed by atoms with Crippen LogP contribution in [0.25, 0.3) is 0 Å². The predicted molar refractivity (Wildman–Crippen MR) is 86.9 cm³/mol. The number of piperidine rings is 1. The van der Waals surface area contributed by atoms with E-state index in [1.165, 1.54) is 25.9 Å². The van der Waals surface area contributed by atoms with E-state index >= 15 is 0 Å². The van der Waals surface area contributed by atoms with Crippen LogP contribution in [0.4, 0.5) is 0 Å². The van der Waals surface area contributed by atoms with E-state index in [1.54, 1.807) is 0 Å². The first-order valence-electron chi connectivity index (χ1n) is 7.70. The van der Waals surface area contributed by atoms with Crippen molar-refractivity contribution in [3.05, 3.63) is 0 Å². The summed E-state index contributed by atoms with van der Waals surface area (Å²) in [5.74, 6) is 4.18. The van der Waals surface area contributed by atoms with E-state index in [-0.39, 0.29) is 5.54 Å². The Bertz CT molecular complexity index is 354. The molecule has 0 aromatic heterocycles. The van der Waals surface area contributed by atoms with Gasteiger partial charge < -0.3 is 10.6 Å². The maximum absolute atomic E-state index is 5.28. The molecule has 0 aromatic carbocycles. The molecule has 1 rings (SSSR count). The Hall–Kier alpha value is -1.21. The van der Waals surface area contributed by atoms with Crippen molar-refractivity contribution < 1.29 is 0 Å². The summed E-state index contributed by atoms with van der Waals surface area (Å²) < 4.78 is 0. The van der Waals surface area contributed by atoms with Crippen molar-refractivity contribution in [2.45, 2.75) is 46.1 Å². The number of nitrogens with one attached hydrogen (secondary N) is 2. The molecule has 0 aliphatic carbocycles. The van der Waals surface area contributed by atoms with E-state index in [0.29, 0.717) is 6.54 Å². The van der Waals surface area contributed by atoms with Gasteiger partial charge in [0.2, 0.25) is 0 Å². The number of rotatable bonds is 5. The quantitative estimate of drug-likeness (QED) is 0.457. The van der Waals surface area contributed by atoms with Gasteiger partial charge in [0.05, 0.1) is 13.1 Å². The van der Waals surface area contributed by atoms with Crippen LogP contribution in [0.3, 0.4) is 0 Å². The lowest BCUT2D eigenvalue weighted by molar-refractivity contribution is 0.0774. The molecule has 4 heteroatoms. The highest BCUT2D eigenvalue weighted by molar-refractivity contribution is 5.80. The maximum Gasteiger partial charge on any atom is 0.192 e.